The molecule has 11 aromatic rings. The summed E-state index contributed by atoms with van der Waals surface area (Å²) in [5.41, 5.74) is 17.4. The molecule has 0 amide bonds. The van der Waals surface area contributed by atoms with Gasteiger partial charge in [0.1, 0.15) is 11.2 Å². The van der Waals surface area contributed by atoms with Crippen molar-refractivity contribution in [3.8, 4) is 44.5 Å². The maximum atomic E-state index is 6.46. The second-order valence-electron chi connectivity index (χ2n) is 16.9. The van der Waals surface area contributed by atoms with E-state index < -0.39 is 0 Å². The molecule has 12 rings (SSSR count). The molecular formula is C59H41NO. The molecule has 0 unspecified atom stereocenters. The summed E-state index contributed by atoms with van der Waals surface area (Å²) < 4.78 is 6.46. The van der Waals surface area contributed by atoms with Crippen LogP contribution in [-0.4, -0.2) is 0 Å². The van der Waals surface area contributed by atoms with Gasteiger partial charge in [-0.1, -0.05) is 172 Å². The van der Waals surface area contributed by atoms with Crippen LogP contribution in [0, 0.1) is 0 Å². The van der Waals surface area contributed by atoms with Gasteiger partial charge in [-0.3, -0.25) is 0 Å². The van der Waals surface area contributed by atoms with E-state index in [0.717, 1.165) is 50.1 Å². The molecule has 61 heavy (non-hydrogen) atoms. The summed E-state index contributed by atoms with van der Waals surface area (Å²) in [6.07, 6.45) is 0. The monoisotopic (exact) mass is 779 g/mol. The zero-order chi connectivity index (χ0) is 40.7. The fourth-order valence-corrected chi connectivity index (χ4v) is 9.97. The molecule has 10 aromatic carbocycles. The first kappa shape index (κ1) is 35.3. The lowest BCUT2D eigenvalue weighted by Gasteiger charge is -2.28. The Labute approximate surface area is 355 Å². The summed E-state index contributed by atoms with van der Waals surface area (Å²) in [4.78, 5) is 2.41. The topological polar surface area (TPSA) is 16.4 Å². The molecule has 0 saturated carbocycles. The average Bonchev–Trinajstić information content (AvgIpc) is 3.81. The number of nitrogens with zero attached hydrogens (tertiary/aromatic N) is 1. The van der Waals surface area contributed by atoms with Gasteiger partial charge < -0.3 is 9.32 Å². The Morgan fingerprint density at radius 1 is 0.344 bits per heavy atom. The van der Waals surface area contributed by atoms with E-state index in [1.54, 1.807) is 0 Å². The van der Waals surface area contributed by atoms with E-state index in [2.05, 4.69) is 219 Å². The van der Waals surface area contributed by atoms with E-state index in [4.69, 9.17) is 4.42 Å². The predicted octanol–water partition coefficient (Wildman–Crippen LogP) is 16.7. The lowest BCUT2D eigenvalue weighted by atomic mass is 9.81. The van der Waals surface area contributed by atoms with Crippen LogP contribution < -0.4 is 4.90 Å². The van der Waals surface area contributed by atoms with Crippen molar-refractivity contribution in [3.05, 3.63) is 223 Å². The second-order valence-corrected chi connectivity index (χ2v) is 16.9. The highest BCUT2D eigenvalue weighted by Gasteiger charge is 2.36. The number of fused-ring (bicyclic) bond motifs is 9. The average molecular weight is 780 g/mol. The zero-order valence-electron chi connectivity index (χ0n) is 34.1. The molecule has 0 atom stereocenters. The molecule has 1 aromatic heterocycles. The van der Waals surface area contributed by atoms with Crippen molar-refractivity contribution in [2.45, 2.75) is 19.3 Å². The van der Waals surface area contributed by atoms with Crippen molar-refractivity contribution < 1.29 is 4.42 Å². The quantitative estimate of drug-likeness (QED) is 0.156. The highest BCUT2D eigenvalue weighted by molar-refractivity contribution is 6.14. The number of rotatable bonds is 6. The van der Waals surface area contributed by atoms with Crippen LogP contribution >= 0.6 is 0 Å². The summed E-state index contributed by atoms with van der Waals surface area (Å²) in [7, 11) is 0. The van der Waals surface area contributed by atoms with Crippen LogP contribution in [0.3, 0.4) is 0 Å². The smallest absolute Gasteiger partial charge is 0.143 e. The van der Waals surface area contributed by atoms with Crippen LogP contribution in [0.2, 0.25) is 0 Å². The van der Waals surface area contributed by atoms with E-state index in [9.17, 15) is 0 Å². The van der Waals surface area contributed by atoms with Gasteiger partial charge in [-0.05, 0) is 126 Å². The molecule has 0 bridgehead atoms. The Kier molecular flexibility index (Phi) is 7.92. The van der Waals surface area contributed by atoms with Crippen LogP contribution in [0.5, 0.6) is 0 Å². The first-order chi connectivity index (χ1) is 30.0. The molecule has 288 valence electrons. The van der Waals surface area contributed by atoms with Crippen molar-refractivity contribution in [1.29, 1.82) is 0 Å². The number of anilines is 3. The maximum Gasteiger partial charge on any atom is 0.143 e. The lowest BCUT2D eigenvalue weighted by molar-refractivity contribution is 0.660. The van der Waals surface area contributed by atoms with Crippen LogP contribution in [0.4, 0.5) is 17.1 Å². The van der Waals surface area contributed by atoms with Gasteiger partial charge in [0.15, 0.2) is 0 Å². The van der Waals surface area contributed by atoms with E-state index in [1.165, 1.54) is 66.1 Å². The molecule has 1 aliphatic carbocycles. The first-order valence-corrected chi connectivity index (χ1v) is 21.2. The Morgan fingerprint density at radius 2 is 0.902 bits per heavy atom. The number of hydrogen-bond donors (Lipinski definition) is 0. The number of furan rings is 1. The minimum atomic E-state index is -0.187. The van der Waals surface area contributed by atoms with Crippen molar-refractivity contribution in [2.75, 3.05) is 4.90 Å². The normalized spacial score (nSPS) is 12.9. The van der Waals surface area contributed by atoms with Gasteiger partial charge >= 0.3 is 0 Å². The SMILES string of the molecule is CC1(C)c2cc(-c3ccccc3)ccc2-c2ccc(N(c3ccc(-c4cc5ccccc5c5ccccc45)cc3)c3ccc(-c4cccc5c4oc4ccccc45)cc3)cc21. The highest BCUT2D eigenvalue weighted by atomic mass is 16.3. The summed E-state index contributed by atoms with van der Waals surface area (Å²) in [5.74, 6) is 0. The molecule has 0 saturated heterocycles. The maximum absolute atomic E-state index is 6.46. The van der Waals surface area contributed by atoms with Gasteiger partial charge in [-0.25, -0.2) is 0 Å². The third-order valence-electron chi connectivity index (χ3n) is 13.1. The van der Waals surface area contributed by atoms with Gasteiger partial charge in [0.25, 0.3) is 0 Å². The van der Waals surface area contributed by atoms with E-state index in [1.807, 2.05) is 12.1 Å². The largest absolute Gasteiger partial charge is 0.455 e. The Bertz CT molecular complexity index is 3480. The Morgan fingerprint density at radius 3 is 1.66 bits per heavy atom. The van der Waals surface area contributed by atoms with E-state index in [0.29, 0.717) is 0 Å². The minimum Gasteiger partial charge on any atom is -0.455 e. The predicted molar refractivity (Wildman–Crippen MR) is 257 cm³/mol. The molecular weight excluding hydrogens is 739 g/mol. The van der Waals surface area contributed by atoms with Gasteiger partial charge in [0, 0.05) is 38.8 Å². The first-order valence-electron chi connectivity index (χ1n) is 21.2. The lowest BCUT2D eigenvalue weighted by Crippen LogP contribution is -2.16. The van der Waals surface area contributed by atoms with Crippen molar-refractivity contribution in [1.82, 2.24) is 0 Å². The van der Waals surface area contributed by atoms with Crippen LogP contribution in [0.25, 0.3) is 88.0 Å². The summed E-state index contributed by atoms with van der Waals surface area (Å²) in [6.45, 7) is 4.74. The van der Waals surface area contributed by atoms with E-state index >= 15 is 0 Å². The molecule has 1 heterocycles. The number of para-hydroxylation sites is 2. The zero-order valence-corrected chi connectivity index (χ0v) is 34.1. The standard InChI is InChI=1S/C59H41NO/c1-59(2)55-36-41(38-13-4-3-5-14-38)27-33-50(55)51-34-32-45(37-56(51)59)60(43-28-23-39(24-29-43)47-20-12-21-53-52-19-10-11-22-57(52)61-58(47)53)44-30-25-40(26-31-44)54-35-42-15-6-7-16-46(42)48-17-8-9-18-49(48)54/h3-37H,1-2H3. The highest BCUT2D eigenvalue weighted by Crippen LogP contribution is 2.52. The van der Waals surface area contributed by atoms with Crippen LogP contribution in [0.1, 0.15) is 25.0 Å². The molecule has 1 aliphatic rings. The second kappa shape index (κ2) is 13.7. The van der Waals surface area contributed by atoms with Crippen molar-refractivity contribution in [3.63, 3.8) is 0 Å². The van der Waals surface area contributed by atoms with Crippen molar-refractivity contribution >= 4 is 60.5 Å². The van der Waals surface area contributed by atoms with E-state index in [-0.39, 0.29) is 5.41 Å². The molecule has 2 heteroatoms. The van der Waals surface area contributed by atoms with Crippen molar-refractivity contribution in [2.24, 2.45) is 0 Å². The molecule has 0 N–H and O–H groups in total. The molecule has 0 radical (unpaired) electrons. The number of benzene rings is 10. The number of hydrogen-bond acceptors (Lipinski definition) is 2. The van der Waals surface area contributed by atoms with Gasteiger partial charge in [0.2, 0.25) is 0 Å². The molecule has 0 aliphatic heterocycles. The summed E-state index contributed by atoms with van der Waals surface area (Å²) >= 11 is 0. The Hall–Kier alpha value is -7.68. The minimum absolute atomic E-state index is 0.187. The van der Waals surface area contributed by atoms with Gasteiger partial charge in [0.05, 0.1) is 0 Å². The Balaban J connectivity index is 0.981. The molecule has 0 spiro atoms. The summed E-state index contributed by atoms with van der Waals surface area (Å²) in [6, 6.07) is 77.4. The van der Waals surface area contributed by atoms with Crippen LogP contribution in [0.15, 0.2) is 217 Å². The fraction of sp³-hybridized carbons (Fsp3) is 0.0508. The fourth-order valence-electron chi connectivity index (χ4n) is 9.97. The van der Waals surface area contributed by atoms with Crippen LogP contribution in [-0.2, 0) is 5.41 Å². The molecule has 2 nitrogen and oxygen atoms in total. The third-order valence-corrected chi connectivity index (χ3v) is 13.1. The van der Waals surface area contributed by atoms with Gasteiger partial charge in [-0.2, -0.15) is 0 Å². The molecule has 0 fully saturated rings. The summed E-state index contributed by atoms with van der Waals surface area (Å²) in [5, 5.41) is 7.34. The van der Waals surface area contributed by atoms with Gasteiger partial charge in [-0.15, -0.1) is 0 Å². The third kappa shape index (κ3) is 5.64.